The maximum absolute atomic E-state index is 5.84. The summed E-state index contributed by atoms with van der Waals surface area (Å²) in [5.41, 5.74) is 7.00. The standard InChI is InChI=1S/C17H21NO2S/c1-13(18)14-7-9-15(10-8-14)21-12-11-20-17-6-4-3-5-16(17)19-2/h3-10,13H,11-12,18H2,1-2H3. The van der Waals surface area contributed by atoms with Crippen LogP contribution in [0.15, 0.2) is 53.4 Å². The van der Waals surface area contributed by atoms with Gasteiger partial charge in [0.2, 0.25) is 0 Å². The van der Waals surface area contributed by atoms with Crippen LogP contribution in [0.3, 0.4) is 0 Å². The summed E-state index contributed by atoms with van der Waals surface area (Å²) in [6.45, 7) is 2.63. The van der Waals surface area contributed by atoms with Crippen molar-refractivity contribution in [1.29, 1.82) is 0 Å². The highest BCUT2D eigenvalue weighted by atomic mass is 32.2. The van der Waals surface area contributed by atoms with Gasteiger partial charge >= 0.3 is 0 Å². The van der Waals surface area contributed by atoms with E-state index in [2.05, 4.69) is 24.3 Å². The monoisotopic (exact) mass is 303 g/mol. The molecule has 0 heterocycles. The Morgan fingerprint density at radius 3 is 2.33 bits per heavy atom. The van der Waals surface area contributed by atoms with E-state index in [4.69, 9.17) is 15.2 Å². The first-order valence-electron chi connectivity index (χ1n) is 6.95. The van der Waals surface area contributed by atoms with Crippen molar-refractivity contribution >= 4 is 11.8 Å². The molecule has 112 valence electrons. The molecular weight excluding hydrogens is 282 g/mol. The Hall–Kier alpha value is -1.65. The molecule has 1 atom stereocenters. The zero-order chi connectivity index (χ0) is 15.1. The SMILES string of the molecule is COc1ccccc1OCCSc1ccc(C(C)N)cc1. The van der Waals surface area contributed by atoms with E-state index in [0.717, 1.165) is 22.8 Å². The van der Waals surface area contributed by atoms with Gasteiger partial charge in [-0.3, -0.25) is 0 Å². The predicted molar refractivity (Wildman–Crippen MR) is 88.3 cm³/mol. The molecule has 0 aliphatic rings. The average Bonchev–Trinajstić information content (AvgIpc) is 2.52. The summed E-state index contributed by atoms with van der Waals surface area (Å²) < 4.78 is 11.0. The first kappa shape index (κ1) is 15.7. The molecule has 4 heteroatoms. The van der Waals surface area contributed by atoms with Crippen LogP contribution in [0.1, 0.15) is 18.5 Å². The minimum Gasteiger partial charge on any atom is -0.493 e. The van der Waals surface area contributed by atoms with Crippen LogP contribution < -0.4 is 15.2 Å². The molecule has 2 aromatic rings. The topological polar surface area (TPSA) is 44.5 Å². The minimum absolute atomic E-state index is 0.0814. The molecule has 0 aliphatic carbocycles. The number of hydrogen-bond acceptors (Lipinski definition) is 4. The van der Waals surface area contributed by atoms with Crippen molar-refractivity contribution in [1.82, 2.24) is 0 Å². The Kier molecular flexibility index (Phi) is 5.96. The Balaban J connectivity index is 1.79. The van der Waals surface area contributed by atoms with Gasteiger partial charge in [-0.25, -0.2) is 0 Å². The number of para-hydroxylation sites is 2. The zero-order valence-electron chi connectivity index (χ0n) is 12.4. The quantitative estimate of drug-likeness (QED) is 0.622. The van der Waals surface area contributed by atoms with Crippen LogP contribution in [0.2, 0.25) is 0 Å². The molecule has 2 N–H and O–H groups in total. The van der Waals surface area contributed by atoms with Crippen molar-refractivity contribution in [2.75, 3.05) is 19.5 Å². The van der Waals surface area contributed by atoms with Crippen molar-refractivity contribution in [3.05, 3.63) is 54.1 Å². The van der Waals surface area contributed by atoms with E-state index in [9.17, 15) is 0 Å². The highest BCUT2D eigenvalue weighted by Crippen LogP contribution is 2.26. The molecule has 0 fully saturated rings. The molecule has 0 amide bonds. The maximum Gasteiger partial charge on any atom is 0.161 e. The third kappa shape index (κ3) is 4.69. The summed E-state index contributed by atoms with van der Waals surface area (Å²) in [7, 11) is 1.65. The van der Waals surface area contributed by atoms with Crippen molar-refractivity contribution < 1.29 is 9.47 Å². The summed E-state index contributed by atoms with van der Waals surface area (Å²) in [6.07, 6.45) is 0. The van der Waals surface area contributed by atoms with Crippen molar-refractivity contribution in [3.8, 4) is 11.5 Å². The highest BCUT2D eigenvalue weighted by Gasteiger charge is 2.03. The lowest BCUT2D eigenvalue weighted by atomic mass is 10.1. The molecule has 0 saturated carbocycles. The van der Waals surface area contributed by atoms with Gasteiger partial charge in [-0.15, -0.1) is 11.8 Å². The first-order chi connectivity index (χ1) is 10.2. The summed E-state index contributed by atoms with van der Waals surface area (Å²) in [4.78, 5) is 1.23. The molecule has 0 aromatic heterocycles. The molecule has 2 aromatic carbocycles. The van der Waals surface area contributed by atoms with Crippen LogP contribution in [0.25, 0.3) is 0 Å². The number of nitrogens with two attached hydrogens (primary N) is 1. The molecule has 0 radical (unpaired) electrons. The number of methoxy groups -OCH3 is 1. The molecule has 1 unspecified atom stereocenters. The van der Waals surface area contributed by atoms with Gasteiger partial charge in [0.1, 0.15) is 0 Å². The second-order valence-electron chi connectivity index (χ2n) is 4.71. The first-order valence-corrected chi connectivity index (χ1v) is 7.93. The van der Waals surface area contributed by atoms with Crippen molar-refractivity contribution in [2.24, 2.45) is 5.73 Å². The molecule has 3 nitrogen and oxygen atoms in total. The van der Waals surface area contributed by atoms with Gasteiger partial charge in [-0.05, 0) is 36.8 Å². The smallest absolute Gasteiger partial charge is 0.161 e. The van der Waals surface area contributed by atoms with E-state index in [1.807, 2.05) is 31.2 Å². The largest absolute Gasteiger partial charge is 0.493 e. The Labute approximate surface area is 130 Å². The lowest BCUT2D eigenvalue weighted by molar-refractivity contribution is 0.313. The molecular formula is C17H21NO2S. The zero-order valence-corrected chi connectivity index (χ0v) is 13.2. The summed E-state index contributed by atoms with van der Waals surface area (Å²) >= 11 is 1.77. The number of rotatable bonds is 7. The van der Waals surface area contributed by atoms with E-state index in [1.54, 1.807) is 18.9 Å². The lowest BCUT2D eigenvalue weighted by Crippen LogP contribution is -2.04. The fraction of sp³-hybridized carbons (Fsp3) is 0.294. The van der Waals surface area contributed by atoms with Gasteiger partial charge in [0, 0.05) is 16.7 Å². The molecule has 0 bridgehead atoms. The predicted octanol–water partition coefficient (Wildman–Crippen LogP) is 3.89. The van der Waals surface area contributed by atoms with Crippen molar-refractivity contribution in [2.45, 2.75) is 17.9 Å². The fourth-order valence-corrected chi connectivity index (χ4v) is 2.65. The summed E-state index contributed by atoms with van der Waals surface area (Å²) in [5.74, 6) is 2.44. The van der Waals surface area contributed by atoms with E-state index < -0.39 is 0 Å². The van der Waals surface area contributed by atoms with Crippen LogP contribution in [0.5, 0.6) is 11.5 Å². The van der Waals surface area contributed by atoms with Gasteiger partial charge in [0.15, 0.2) is 11.5 Å². The number of hydrogen-bond donors (Lipinski definition) is 1. The normalized spacial score (nSPS) is 12.0. The summed E-state index contributed by atoms with van der Waals surface area (Å²) in [6, 6.07) is 16.1. The maximum atomic E-state index is 5.84. The molecule has 2 rings (SSSR count). The van der Waals surface area contributed by atoms with Crippen molar-refractivity contribution in [3.63, 3.8) is 0 Å². The summed E-state index contributed by atoms with van der Waals surface area (Å²) in [5, 5.41) is 0. The van der Waals surface area contributed by atoms with Crippen LogP contribution in [0.4, 0.5) is 0 Å². The van der Waals surface area contributed by atoms with E-state index >= 15 is 0 Å². The number of thioether (sulfide) groups is 1. The van der Waals surface area contributed by atoms with Crippen LogP contribution >= 0.6 is 11.8 Å². The third-order valence-corrected chi connectivity index (χ3v) is 4.06. The number of ether oxygens (including phenoxy) is 2. The minimum atomic E-state index is 0.0814. The fourth-order valence-electron chi connectivity index (χ4n) is 1.92. The highest BCUT2D eigenvalue weighted by molar-refractivity contribution is 7.99. The Morgan fingerprint density at radius 1 is 1.05 bits per heavy atom. The Bertz CT molecular complexity index is 555. The van der Waals surface area contributed by atoms with Gasteiger partial charge < -0.3 is 15.2 Å². The Morgan fingerprint density at radius 2 is 1.71 bits per heavy atom. The van der Waals surface area contributed by atoms with Crippen LogP contribution in [0, 0.1) is 0 Å². The van der Waals surface area contributed by atoms with Gasteiger partial charge in [-0.1, -0.05) is 24.3 Å². The van der Waals surface area contributed by atoms with Gasteiger partial charge in [0.05, 0.1) is 13.7 Å². The van der Waals surface area contributed by atoms with Crippen LogP contribution in [-0.2, 0) is 0 Å². The molecule has 0 aliphatic heterocycles. The second-order valence-corrected chi connectivity index (χ2v) is 5.87. The van der Waals surface area contributed by atoms with E-state index in [-0.39, 0.29) is 6.04 Å². The van der Waals surface area contributed by atoms with E-state index in [0.29, 0.717) is 6.61 Å². The van der Waals surface area contributed by atoms with Gasteiger partial charge in [-0.2, -0.15) is 0 Å². The van der Waals surface area contributed by atoms with Gasteiger partial charge in [0.25, 0.3) is 0 Å². The second kappa shape index (κ2) is 7.96. The molecule has 21 heavy (non-hydrogen) atoms. The molecule has 0 saturated heterocycles. The third-order valence-electron chi connectivity index (χ3n) is 3.08. The van der Waals surface area contributed by atoms with E-state index in [1.165, 1.54) is 4.90 Å². The lowest BCUT2D eigenvalue weighted by Gasteiger charge is -2.10. The van der Waals surface area contributed by atoms with Crippen LogP contribution in [-0.4, -0.2) is 19.5 Å². The number of benzene rings is 2. The molecule has 0 spiro atoms. The average molecular weight is 303 g/mol.